The minimum Gasteiger partial charge on any atom is -0.493 e. The quantitative estimate of drug-likeness (QED) is 0.631. The Bertz CT molecular complexity index is 1030. The fraction of sp³-hybridized carbons (Fsp3) is 0.263. The molecule has 0 unspecified atom stereocenters. The Morgan fingerprint density at radius 3 is 2.62 bits per heavy atom. The molecule has 1 aromatic carbocycles. The number of ether oxygens (including phenoxy) is 2. The predicted molar refractivity (Wildman–Crippen MR) is 107 cm³/mol. The third kappa shape index (κ3) is 4.72. The fourth-order valence-corrected chi connectivity index (χ4v) is 3.36. The normalized spacial score (nSPS) is 10.5. The van der Waals surface area contributed by atoms with E-state index in [1.165, 1.54) is 23.3 Å². The number of nitrogens with one attached hydrogen (secondary N) is 1. The second-order valence-corrected chi connectivity index (χ2v) is 7.00. The van der Waals surface area contributed by atoms with Gasteiger partial charge in [-0.2, -0.15) is 0 Å². The van der Waals surface area contributed by atoms with E-state index in [2.05, 4.69) is 15.5 Å². The van der Waals surface area contributed by atoms with Crippen LogP contribution in [0.1, 0.15) is 16.2 Å². The third-order valence-corrected chi connectivity index (χ3v) is 4.87. The number of hydrogen-bond donors (Lipinski definition) is 1. The van der Waals surface area contributed by atoms with Gasteiger partial charge in [0.25, 0.3) is 5.91 Å². The number of carbonyl (C=O) groups is 2. The molecule has 0 aliphatic heterocycles. The van der Waals surface area contributed by atoms with Crippen molar-refractivity contribution in [1.82, 2.24) is 15.0 Å². The minimum atomic E-state index is -0.385. The summed E-state index contributed by atoms with van der Waals surface area (Å²) in [6.07, 6.45) is 0. The summed E-state index contributed by atoms with van der Waals surface area (Å²) in [6.45, 7) is 1.57. The number of hydrogen-bond acceptors (Lipinski definition) is 8. The number of aromatic nitrogens is 2. The van der Waals surface area contributed by atoms with E-state index in [-0.39, 0.29) is 24.1 Å². The molecule has 0 aliphatic carbocycles. The van der Waals surface area contributed by atoms with E-state index in [1.54, 1.807) is 44.7 Å². The number of thiazole rings is 1. The van der Waals surface area contributed by atoms with E-state index in [1.807, 2.05) is 6.07 Å². The number of methoxy groups -OCH3 is 2. The van der Waals surface area contributed by atoms with E-state index in [9.17, 15) is 9.59 Å². The highest BCUT2D eigenvalue weighted by Crippen LogP contribution is 2.33. The van der Waals surface area contributed by atoms with Gasteiger partial charge in [-0.15, -0.1) is 11.3 Å². The van der Waals surface area contributed by atoms with Crippen molar-refractivity contribution in [2.75, 3.05) is 33.1 Å². The molecule has 0 saturated heterocycles. The van der Waals surface area contributed by atoms with Crippen LogP contribution in [0.25, 0.3) is 10.6 Å². The molecule has 0 bridgehead atoms. The maximum atomic E-state index is 12.6. The van der Waals surface area contributed by atoms with E-state index >= 15 is 0 Å². The van der Waals surface area contributed by atoms with Crippen molar-refractivity contribution < 1.29 is 23.6 Å². The molecule has 29 heavy (non-hydrogen) atoms. The first kappa shape index (κ1) is 20.3. The Morgan fingerprint density at radius 2 is 1.97 bits per heavy atom. The Balaban J connectivity index is 1.67. The molecule has 3 aromatic rings. The summed E-state index contributed by atoms with van der Waals surface area (Å²) in [4.78, 5) is 30.4. The Kier molecular flexibility index (Phi) is 6.13. The molecule has 3 rings (SSSR count). The van der Waals surface area contributed by atoms with Gasteiger partial charge in [-0.05, 0) is 25.1 Å². The van der Waals surface area contributed by atoms with Crippen molar-refractivity contribution in [3.8, 4) is 22.1 Å². The summed E-state index contributed by atoms with van der Waals surface area (Å²) in [7, 11) is 4.65. The Morgan fingerprint density at radius 1 is 1.21 bits per heavy atom. The maximum absolute atomic E-state index is 12.6. The fourth-order valence-electron chi connectivity index (χ4n) is 2.56. The lowest BCUT2D eigenvalue weighted by Gasteiger charge is -2.14. The van der Waals surface area contributed by atoms with Gasteiger partial charge in [0.2, 0.25) is 5.91 Å². The molecule has 0 spiro atoms. The summed E-state index contributed by atoms with van der Waals surface area (Å²) in [5.74, 6) is 1.32. The molecule has 152 valence electrons. The van der Waals surface area contributed by atoms with Gasteiger partial charge in [0.1, 0.15) is 16.5 Å². The summed E-state index contributed by atoms with van der Waals surface area (Å²) < 4.78 is 15.4. The van der Waals surface area contributed by atoms with Crippen LogP contribution in [0.4, 0.5) is 5.82 Å². The van der Waals surface area contributed by atoms with Gasteiger partial charge in [0.15, 0.2) is 17.3 Å². The summed E-state index contributed by atoms with van der Waals surface area (Å²) >= 11 is 1.33. The number of amides is 2. The van der Waals surface area contributed by atoms with Crippen molar-refractivity contribution in [3.05, 3.63) is 41.1 Å². The topological polar surface area (TPSA) is 107 Å². The van der Waals surface area contributed by atoms with Gasteiger partial charge in [-0.25, -0.2) is 4.98 Å². The van der Waals surface area contributed by atoms with Crippen LogP contribution in [0, 0.1) is 6.92 Å². The van der Waals surface area contributed by atoms with Crippen LogP contribution in [-0.4, -0.2) is 54.7 Å². The highest BCUT2D eigenvalue weighted by atomic mass is 32.1. The SMILES string of the molecule is COc1ccc(-c2nc(C(=O)N(C)CC(=O)Nc3cc(C)on3)cs2)cc1OC. The molecule has 0 saturated carbocycles. The van der Waals surface area contributed by atoms with Crippen LogP contribution in [0.2, 0.25) is 0 Å². The summed E-state index contributed by atoms with van der Waals surface area (Å²) in [5, 5.41) is 8.58. The zero-order valence-corrected chi connectivity index (χ0v) is 17.2. The average Bonchev–Trinajstić information content (AvgIpc) is 3.36. The molecular formula is C19H20N4O5S. The largest absolute Gasteiger partial charge is 0.493 e. The monoisotopic (exact) mass is 416 g/mol. The zero-order valence-electron chi connectivity index (χ0n) is 16.4. The number of carbonyl (C=O) groups excluding carboxylic acids is 2. The van der Waals surface area contributed by atoms with Crippen molar-refractivity contribution in [3.63, 3.8) is 0 Å². The molecule has 2 amide bonds. The molecule has 1 N–H and O–H groups in total. The van der Waals surface area contributed by atoms with E-state index < -0.39 is 0 Å². The lowest BCUT2D eigenvalue weighted by molar-refractivity contribution is -0.116. The smallest absolute Gasteiger partial charge is 0.273 e. The molecule has 9 nitrogen and oxygen atoms in total. The predicted octanol–water partition coefficient (Wildman–Crippen LogP) is 2.83. The average molecular weight is 416 g/mol. The van der Waals surface area contributed by atoms with Crippen molar-refractivity contribution in [2.45, 2.75) is 6.92 Å². The molecular weight excluding hydrogens is 396 g/mol. The molecule has 0 radical (unpaired) electrons. The third-order valence-electron chi connectivity index (χ3n) is 3.98. The van der Waals surface area contributed by atoms with E-state index in [4.69, 9.17) is 14.0 Å². The van der Waals surface area contributed by atoms with Gasteiger partial charge in [0.05, 0.1) is 20.8 Å². The first-order chi connectivity index (χ1) is 13.9. The number of likely N-dealkylation sites (N-methyl/N-ethyl adjacent to an activating group) is 1. The highest BCUT2D eigenvalue weighted by Gasteiger charge is 2.19. The molecule has 0 aliphatic rings. The van der Waals surface area contributed by atoms with Crippen molar-refractivity contribution in [2.24, 2.45) is 0 Å². The van der Waals surface area contributed by atoms with Gasteiger partial charge < -0.3 is 24.2 Å². The van der Waals surface area contributed by atoms with Crippen molar-refractivity contribution in [1.29, 1.82) is 0 Å². The molecule has 0 fully saturated rings. The number of benzene rings is 1. The van der Waals surface area contributed by atoms with E-state index in [0.29, 0.717) is 28.1 Å². The lowest BCUT2D eigenvalue weighted by Crippen LogP contribution is -2.35. The van der Waals surface area contributed by atoms with E-state index in [0.717, 1.165) is 5.56 Å². The first-order valence-electron chi connectivity index (χ1n) is 8.57. The van der Waals surface area contributed by atoms with Crippen LogP contribution < -0.4 is 14.8 Å². The number of nitrogens with zero attached hydrogens (tertiary/aromatic N) is 3. The Labute approximate surface area is 171 Å². The number of aryl methyl sites for hydroxylation is 1. The number of rotatable bonds is 7. The molecule has 0 atom stereocenters. The van der Waals surface area contributed by atoms with Crippen LogP contribution in [0.3, 0.4) is 0 Å². The van der Waals surface area contributed by atoms with Crippen LogP contribution in [0.15, 0.2) is 34.2 Å². The number of anilines is 1. The molecule has 10 heteroatoms. The van der Waals surface area contributed by atoms with Crippen LogP contribution in [0.5, 0.6) is 11.5 Å². The molecule has 2 heterocycles. The van der Waals surface area contributed by atoms with Gasteiger partial charge in [-0.3, -0.25) is 9.59 Å². The summed E-state index contributed by atoms with van der Waals surface area (Å²) in [5.41, 5.74) is 1.06. The first-order valence-corrected chi connectivity index (χ1v) is 9.45. The van der Waals surface area contributed by atoms with Gasteiger partial charge in [-0.1, -0.05) is 5.16 Å². The van der Waals surface area contributed by atoms with Crippen molar-refractivity contribution >= 4 is 29.0 Å². The highest BCUT2D eigenvalue weighted by molar-refractivity contribution is 7.13. The van der Waals surface area contributed by atoms with Gasteiger partial charge in [0, 0.05) is 24.1 Å². The zero-order chi connectivity index (χ0) is 21.0. The maximum Gasteiger partial charge on any atom is 0.273 e. The van der Waals surface area contributed by atoms with Crippen LogP contribution in [-0.2, 0) is 4.79 Å². The second kappa shape index (κ2) is 8.74. The molecule has 2 aromatic heterocycles. The Hall–Kier alpha value is -3.40. The summed E-state index contributed by atoms with van der Waals surface area (Å²) in [6, 6.07) is 7.00. The van der Waals surface area contributed by atoms with Crippen LogP contribution >= 0.6 is 11.3 Å². The lowest BCUT2D eigenvalue weighted by atomic mass is 10.2. The minimum absolute atomic E-state index is 0.145. The standard InChI is InChI=1S/C19H20N4O5S/c1-11-7-16(22-28-11)21-17(24)9-23(2)19(25)13-10-29-18(20-13)12-5-6-14(26-3)15(8-12)27-4/h5-8,10H,9H2,1-4H3,(H,21,22,24). The van der Waals surface area contributed by atoms with Gasteiger partial charge >= 0.3 is 0 Å². The second-order valence-electron chi connectivity index (χ2n) is 6.14.